The maximum absolute atomic E-state index is 13.7. The predicted octanol–water partition coefficient (Wildman–Crippen LogP) is 4.31. The molecule has 1 aliphatic heterocycles. The van der Waals surface area contributed by atoms with Crippen LogP contribution in [0.1, 0.15) is 10.4 Å². The molecule has 0 atom stereocenters. The van der Waals surface area contributed by atoms with E-state index < -0.39 is 18.1 Å². The van der Waals surface area contributed by atoms with E-state index in [2.05, 4.69) is 14.6 Å². The predicted molar refractivity (Wildman–Crippen MR) is 112 cm³/mol. The normalized spacial score (nSPS) is 15.1. The van der Waals surface area contributed by atoms with Gasteiger partial charge in [-0.1, -0.05) is 17.4 Å². The molecule has 1 fully saturated rings. The van der Waals surface area contributed by atoms with Gasteiger partial charge < -0.3 is 9.47 Å². The number of anilines is 1. The molecule has 0 N–H and O–H groups in total. The molecule has 11 heteroatoms. The smallest absolute Gasteiger partial charge is 0.406 e. The topological polar surface area (TPSA) is 54.9 Å². The molecule has 0 aliphatic carbocycles. The lowest BCUT2D eigenvalue weighted by atomic mass is 10.2. The van der Waals surface area contributed by atoms with Gasteiger partial charge in [-0.2, -0.15) is 0 Å². The third-order valence-corrected chi connectivity index (χ3v) is 5.91. The molecule has 32 heavy (non-hydrogen) atoms. The van der Waals surface area contributed by atoms with E-state index in [1.807, 2.05) is 0 Å². The highest BCUT2D eigenvalue weighted by Gasteiger charge is 2.31. The van der Waals surface area contributed by atoms with E-state index in [1.54, 1.807) is 0 Å². The van der Waals surface area contributed by atoms with Crippen LogP contribution in [0, 0.1) is 5.82 Å². The minimum atomic E-state index is -4.81. The van der Waals surface area contributed by atoms with Crippen LogP contribution in [0.3, 0.4) is 0 Å². The average Bonchev–Trinajstić information content (AvgIpc) is 3.16. The van der Waals surface area contributed by atoms with Crippen molar-refractivity contribution in [2.24, 2.45) is 0 Å². The Morgan fingerprint density at radius 3 is 2.69 bits per heavy atom. The lowest BCUT2D eigenvalue weighted by Crippen LogP contribution is -2.43. The number of hydrogen-bond acceptors (Lipinski definition) is 6. The molecule has 1 saturated heterocycles. The number of nitrogens with zero attached hydrogens (tertiary/aromatic N) is 3. The second-order valence-corrected chi connectivity index (χ2v) is 8.10. The molecular formula is C21H19F4N3O3S. The maximum atomic E-state index is 13.7. The second kappa shape index (κ2) is 9.39. The standard InChI is InChI=1S/C21H19F4N3O3S/c22-15-3-1-2-14(12-15)19(29)28(7-6-27-8-10-30-11-9-27)20-26-17-5-4-16(13-18(17)32-20)31-21(23,24)25/h1-5,12-13H,6-11H2. The fraction of sp³-hybridized carbons (Fsp3) is 0.333. The van der Waals surface area contributed by atoms with Crippen molar-refractivity contribution in [1.29, 1.82) is 0 Å². The number of thiazole rings is 1. The minimum absolute atomic E-state index is 0.160. The summed E-state index contributed by atoms with van der Waals surface area (Å²) in [6.07, 6.45) is -4.81. The number of benzene rings is 2. The average molecular weight is 469 g/mol. The van der Waals surface area contributed by atoms with Crippen molar-refractivity contribution in [2.75, 3.05) is 44.3 Å². The van der Waals surface area contributed by atoms with Crippen LogP contribution in [0.15, 0.2) is 42.5 Å². The molecule has 0 unspecified atom stereocenters. The van der Waals surface area contributed by atoms with Gasteiger partial charge in [-0.3, -0.25) is 14.6 Å². The first-order chi connectivity index (χ1) is 15.3. The molecule has 1 aliphatic rings. The molecule has 6 nitrogen and oxygen atoms in total. The summed E-state index contributed by atoms with van der Waals surface area (Å²) in [4.78, 5) is 21.2. The van der Waals surface area contributed by atoms with Crippen LogP contribution < -0.4 is 9.64 Å². The van der Waals surface area contributed by atoms with Crippen molar-refractivity contribution in [3.8, 4) is 5.75 Å². The third kappa shape index (κ3) is 5.53. The van der Waals surface area contributed by atoms with Gasteiger partial charge in [0.1, 0.15) is 11.6 Å². The number of halogens is 4. The SMILES string of the molecule is O=C(c1cccc(F)c1)N(CCN1CCOCC1)c1nc2ccc(OC(F)(F)F)cc2s1. The van der Waals surface area contributed by atoms with Gasteiger partial charge in [0, 0.05) is 37.8 Å². The van der Waals surface area contributed by atoms with E-state index in [4.69, 9.17) is 4.74 Å². The number of ether oxygens (including phenoxy) is 2. The summed E-state index contributed by atoms with van der Waals surface area (Å²) in [5.41, 5.74) is 0.593. The largest absolute Gasteiger partial charge is 0.573 e. The van der Waals surface area contributed by atoms with Gasteiger partial charge >= 0.3 is 6.36 Å². The van der Waals surface area contributed by atoms with Gasteiger partial charge in [-0.05, 0) is 30.3 Å². The van der Waals surface area contributed by atoms with Crippen LogP contribution in [-0.4, -0.2) is 61.5 Å². The Labute approximate surface area is 185 Å². The summed E-state index contributed by atoms with van der Waals surface area (Å²) in [5, 5.41) is 0.312. The number of rotatable bonds is 6. The molecule has 0 bridgehead atoms. The van der Waals surface area contributed by atoms with E-state index in [0.29, 0.717) is 35.1 Å². The van der Waals surface area contributed by atoms with E-state index in [1.165, 1.54) is 41.3 Å². The molecule has 0 spiro atoms. The number of amides is 1. The van der Waals surface area contributed by atoms with Crippen molar-refractivity contribution in [1.82, 2.24) is 9.88 Å². The fourth-order valence-corrected chi connectivity index (χ4v) is 4.35. The van der Waals surface area contributed by atoms with Gasteiger partial charge in [0.05, 0.1) is 23.4 Å². The quantitative estimate of drug-likeness (QED) is 0.504. The Balaban J connectivity index is 1.63. The highest BCUT2D eigenvalue weighted by atomic mass is 32.1. The van der Waals surface area contributed by atoms with Crippen LogP contribution >= 0.6 is 11.3 Å². The van der Waals surface area contributed by atoms with Crippen LogP contribution in [0.5, 0.6) is 5.75 Å². The Morgan fingerprint density at radius 1 is 1.19 bits per heavy atom. The molecular weight excluding hydrogens is 450 g/mol. The number of carbonyl (C=O) groups excluding carboxylic acids is 1. The Morgan fingerprint density at radius 2 is 1.97 bits per heavy atom. The molecule has 1 aromatic heterocycles. The van der Waals surface area contributed by atoms with Crippen molar-refractivity contribution < 1.29 is 31.8 Å². The summed E-state index contributed by atoms with van der Waals surface area (Å²) in [5.74, 6) is -1.35. The van der Waals surface area contributed by atoms with Crippen molar-refractivity contribution in [3.05, 3.63) is 53.8 Å². The molecule has 0 radical (unpaired) electrons. The van der Waals surface area contributed by atoms with Crippen molar-refractivity contribution in [2.45, 2.75) is 6.36 Å². The molecule has 1 amide bonds. The highest BCUT2D eigenvalue weighted by Crippen LogP contribution is 2.34. The first kappa shape index (κ1) is 22.4. The summed E-state index contributed by atoms with van der Waals surface area (Å²) >= 11 is 1.07. The van der Waals surface area contributed by atoms with E-state index in [9.17, 15) is 22.4 Å². The second-order valence-electron chi connectivity index (χ2n) is 7.09. The van der Waals surface area contributed by atoms with E-state index in [0.717, 1.165) is 30.5 Å². The highest BCUT2D eigenvalue weighted by molar-refractivity contribution is 7.22. The number of aromatic nitrogens is 1. The molecule has 4 rings (SSSR count). The molecule has 3 aromatic rings. The number of fused-ring (bicyclic) bond motifs is 1. The lowest BCUT2D eigenvalue weighted by Gasteiger charge is -2.29. The number of carbonyl (C=O) groups is 1. The zero-order valence-electron chi connectivity index (χ0n) is 16.8. The van der Waals surface area contributed by atoms with E-state index >= 15 is 0 Å². The van der Waals surface area contributed by atoms with Gasteiger partial charge in [0.2, 0.25) is 0 Å². The van der Waals surface area contributed by atoms with E-state index in [-0.39, 0.29) is 17.9 Å². The van der Waals surface area contributed by atoms with Gasteiger partial charge in [-0.15, -0.1) is 13.2 Å². The monoisotopic (exact) mass is 469 g/mol. The maximum Gasteiger partial charge on any atom is 0.573 e. The van der Waals surface area contributed by atoms with Gasteiger partial charge in [0.25, 0.3) is 5.91 Å². The Kier molecular flexibility index (Phi) is 6.58. The number of morpholine rings is 1. The van der Waals surface area contributed by atoms with Gasteiger partial charge in [0.15, 0.2) is 5.13 Å². The molecule has 2 aromatic carbocycles. The number of hydrogen-bond donors (Lipinski definition) is 0. The Hall–Kier alpha value is -2.76. The van der Waals surface area contributed by atoms with Crippen molar-refractivity contribution >= 4 is 32.6 Å². The third-order valence-electron chi connectivity index (χ3n) is 4.87. The van der Waals surface area contributed by atoms with Crippen LogP contribution in [0.4, 0.5) is 22.7 Å². The zero-order valence-corrected chi connectivity index (χ0v) is 17.6. The molecule has 170 valence electrons. The van der Waals surface area contributed by atoms with Crippen molar-refractivity contribution in [3.63, 3.8) is 0 Å². The Bertz CT molecular complexity index is 1100. The molecule has 0 saturated carbocycles. The summed E-state index contributed by atoms with van der Waals surface area (Å²) in [7, 11) is 0. The summed E-state index contributed by atoms with van der Waals surface area (Å²) in [6, 6.07) is 9.16. The van der Waals surface area contributed by atoms with Crippen LogP contribution in [0.2, 0.25) is 0 Å². The zero-order chi connectivity index (χ0) is 22.7. The van der Waals surface area contributed by atoms with Crippen LogP contribution in [0.25, 0.3) is 10.2 Å². The first-order valence-corrected chi connectivity index (χ1v) is 10.6. The summed E-state index contributed by atoms with van der Waals surface area (Å²) in [6.45, 7) is 3.46. The molecule has 2 heterocycles. The lowest BCUT2D eigenvalue weighted by molar-refractivity contribution is -0.274. The minimum Gasteiger partial charge on any atom is -0.406 e. The fourth-order valence-electron chi connectivity index (χ4n) is 3.33. The first-order valence-electron chi connectivity index (χ1n) is 9.82. The summed E-state index contributed by atoms with van der Waals surface area (Å²) < 4.78 is 61.1. The number of alkyl halides is 3. The van der Waals surface area contributed by atoms with Crippen LogP contribution in [-0.2, 0) is 4.74 Å². The van der Waals surface area contributed by atoms with Gasteiger partial charge in [-0.25, -0.2) is 9.37 Å².